The summed E-state index contributed by atoms with van der Waals surface area (Å²) in [6.07, 6.45) is 0.0288. The molecule has 0 amide bonds. The van der Waals surface area contributed by atoms with Crippen molar-refractivity contribution >= 4 is 35.0 Å². The summed E-state index contributed by atoms with van der Waals surface area (Å²) < 4.78 is 7.27. The molecule has 23 heavy (non-hydrogen) atoms. The third kappa shape index (κ3) is 5.53. The number of halogens is 2. The van der Waals surface area contributed by atoms with Crippen molar-refractivity contribution in [1.29, 1.82) is 0 Å². The first-order chi connectivity index (χ1) is 11.0. The quantitative estimate of drug-likeness (QED) is 0.564. The third-order valence-corrected chi connectivity index (χ3v) is 4.41. The Balaban J connectivity index is 1.80. The minimum absolute atomic E-state index is 0.0288. The van der Waals surface area contributed by atoms with Crippen LogP contribution in [0.3, 0.4) is 0 Å². The normalized spacial score (nSPS) is 11.2. The van der Waals surface area contributed by atoms with Crippen LogP contribution in [0, 0.1) is 0 Å². The zero-order valence-electron chi connectivity index (χ0n) is 13.2. The third-order valence-electron chi connectivity index (χ3n) is 2.83. The van der Waals surface area contributed by atoms with Gasteiger partial charge in [0, 0.05) is 25.9 Å². The molecule has 0 aliphatic rings. The predicted molar refractivity (Wildman–Crippen MR) is 93.5 cm³/mol. The maximum atomic E-state index is 6.24. The molecule has 2 aromatic rings. The molecule has 1 aromatic carbocycles. The first kappa shape index (κ1) is 18.3. The average molecular weight is 376 g/mol. The predicted octanol–water partition coefficient (Wildman–Crippen LogP) is 3.19. The number of aromatic nitrogens is 4. The molecule has 9 heteroatoms. The molecule has 0 unspecified atom stereocenters. The molecule has 0 saturated carbocycles. The van der Waals surface area contributed by atoms with Gasteiger partial charge in [0.25, 0.3) is 0 Å². The van der Waals surface area contributed by atoms with E-state index in [9.17, 15) is 0 Å². The fraction of sp³-hybridized carbons (Fsp3) is 0.500. The monoisotopic (exact) mass is 375 g/mol. The van der Waals surface area contributed by atoms with Crippen molar-refractivity contribution in [1.82, 2.24) is 25.5 Å². The zero-order valence-corrected chi connectivity index (χ0v) is 15.5. The van der Waals surface area contributed by atoms with Crippen LogP contribution in [-0.4, -0.2) is 38.6 Å². The second-order valence-electron chi connectivity index (χ2n) is 5.17. The fourth-order valence-electron chi connectivity index (χ4n) is 1.85. The number of tetrazole rings is 1. The average Bonchev–Trinajstić information content (AvgIpc) is 2.88. The number of nitrogens with zero attached hydrogens (tertiary/aromatic N) is 4. The van der Waals surface area contributed by atoms with E-state index in [1.54, 1.807) is 16.4 Å². The minimum Gasteiger partial charge on any atom is -0.488 e. The highest BCUT2D eigenvalue weighted by molar-refractivity contribution is 7.99. The molecule has 0 aliphatic carbocycles. The Hall–Kier alpha value is -1.02. The SMILES string of the molecule is CC(C)Oc1c(Cl)cc(CNCCSc2nnnn2C)cc1Cl. The van der Waals surface area contributed by atoms with Gasteiger partial charge in [-0.2, -0.15) is 0 Å². The summed E-state index contributed by atoms with van der Waals surface area (Å²) in [5.74, 6) is 1.40. The van der Waals surface area contributed by atoms with Crippen LogP contribution in [0.4, 0.5) is 0 Å². The Morgan fingerprint density at radius 2 is 2.00 bits per heavy atom. The Labute approximate surface area is 149 Å². The van der Waals surface area contributed by atoms with Crippen LogP contribution >= 0.6 is 35.0 Å². The van der Waals surface area contributed by atoms with Gasteiger partial charge in [-0.25, -0.2) is 4.68 Å². The molecule has 126 valence electrons. The number of rotatable bonds is 8. The lowest BCUT2D eigenvalue weighted by Crippen LogP contribution is -2.17. The summed E-state index contributed by atoms with van der Waals surface area (Å²) in [5.41, 5.74) is 1.02. The lowest BCUT2D eigenvalue weighted by atomic mass is 10.2. The lowest BCUT2D eigenvalue weighted by Gasteiger charge is -2.14. The molecule has 0 fully saturated rings. The first-order valence-electron chi connectivity index (χ1n) is 7.18. The van der Waals surface area contributed by atoms with Crippen molar-refractivity contribution in [3.05, 3.63) is 27.7 Å². The van der Waals surface area contributed by atoms with E-state index in [0.29, 0.717) is 22.3 Å². The van der Waals surface area contributed by atoms with Crippen LogP contribution in [0.25, 0.3) is 0 Å². The number of hydrogen-bond acceptors (Lipinski definition) is 6. The van der Waals surface area contributed by atoms with Crippen molar-refractivity contribution in [2.24, 2.45) is 7.05 Å². The number of thioether (sulfide) groups is 1. The Morgan fingerprint density at radius 3 is 2.57 bits per heavy atom. The molecule has 6 nitrogen and oxygen atoms in total. The summed E-state index contributed by atoms with van der Waals surface area (Å²) >= 11 is 14.1. The van der Waals surface area contributed by atoms with Crippen LogP contribution in [0.2, 0.25) is 10.0 Å². The van der Waals surface area contributed by atoms with Gasteiger partial charge in [-0.1, -0.05) is 35.0 Å². The summed E-state index contributed by atoms with van der Waals surface area (Å²) in [5, 5.41) is 16.5. The van der Waals surface area contributed by atoms with Gasteiger partial charge in [0.1, 0.15) is 0 Å². The summed E-state index contributed by atoms with van der Waals surface area (Å²) in [7, 11) is 1.82. The number of hydrogen-bond donors (Lipinski definition) is 1. The van der Waals surface area contributed by atoms with Crippen molar-refractivity contribution < 1.29 is 4.74 Å². The second kappa shape index (κ2) is 8.73. The minimum atomic E-state index is 0.0288. The van der Waals surface area contributed by atoms with Gasteiger partial charge in [0.05, 0.1) is 16.1 Å². The molecule has 0 spiro atoms. The van der Waals surface area contributed by atoms with E-state index in [1.807, 2.05) is 33.0 Å². The molecule has 2 rings (SSSR count). The van der Waals surface area contributed by atoms with E-state index in [1.165, 1.54) is 0 Å². The van der Waals surface area contributed by atoms with E-state index in [-0.39, 0.29) is 6.10 Å². The van der Waals surface area contributed by atoms with Crippen LogP contribution in [0.5, 0.6) is 5.75 Å². The number of nitrogens with one attached hydrogen (secondary N) is 1. The van der Waals surface area contributed by atoms with Crippen LogP contribution in [0.1, 0.15) is 19.4 Å². The van der Waals surface area contributed by atoms with Crippen molar-refractivity contribution in [3.63, 3.8) is 0 Å². The zero-order chi connectivity index (χ0) is 16.8. The maximum absolute atomic E-state index is 6.24. The fourth-order valence-corrected chi connectivity index (χ4v) is 3.22. The van der Waals surface area contributed by atoms with E-state index in [0.717, 1.165) is 23.0 Å². The van der Waals surface area contributed by atoms with Gasteiger partial charge >= 0.3 is 0 Å². The van der Waals surface area contributed by atoms with Gasteiger partial charge in [-0.05, 0) is 42.0 Å². The standard InChI is InChI=1S/C14H19Cl2N5OS/c1-9(2)22-13-11(15)6-10(7-12(13)16)8-17-4-5-23-14-18-19-20-21(14)3/h6-7,9,17H,4-5,8H2,1-3H3. The molecule has 0 atom stereocenters. The van der Waals surface area contributed by atoms with Crippen LogP contribution < -0.4 is 10.1 Å². The number of benzene rings is 1. The molecular formula is C14H19Cl2N5OS. The Kier molecular flexibility index (Phi) is 6.95. The second-order valence-corrected chi connectivity index (χ2v) is 7.04. The van der Waals surface area contributed by atoms with Crippen molar-refractivity contribution in [2.45, 2.75) is 31.7 Å². The largest absolute Gasteiger partial charge is 0.488 e. The highest BCUT2D eigenvalue weighted by Gasteiger charge is 2.11. The highest BCUT2D eigenvalue weighted by atomic mass is 35.5. The number of ether oxygens (including phenoxy) is 1. The topological polar surface area (TPSA) is 64.9 Å². The molecule has 0 bridgehead atoms. The van der Waals surface area contributed by atoms with Gasteiger partial charge in [-0.3, -0.25) is 0 Å². The number of aryl methyl sites for hydroxylation is 1. The molecule has 0 saturated heterocycles. The summed E-state index contributed by atoms with van der Waals surface area (Å²) in [6, 6.07) is 3.75. The first-order valence-corrected chi connectivity index (χ1v) is 8.92. The highest BCUT2D eigenvalue weighted by Crippen LogP contribution is 2.34. The van der Waals surface area contributed by atoms with Gasteiger partial charge < -0.3 is 10.1 Å². The lowest BCUT2D eigenvalue weighted by molar-refractivity contribution is 0.242. The Morgan fingerprint density at radius 1 is 1.30 bits per heavy atom. The Bertz CT molecular complexity index is 627. The molecule has 1 aromatic heterocycles. The van der Waals surface area contributed by atoms with Crippen LogP contribution in [-0.2, 0) is 13.6 Å². The molecule has 0 aliphatic heterocycles. The van der Waals surface area contributed by atoms with E-state index < -0.39 is 0 Å². The summed E-state index contributed by atoms with van der Waals surface area (Å²) in [4.78, 5) is 0. The van der Waals surface area contributed by atoms with E-state index in [4.69, 9.17) is 27.9 Å². The van der Waals surface area contributed by atoms with Crippen LogP contribution in [0.15, 0.2) is 17.3 Å². The van der Waals surface area contributed by atoms with Gasteiger partial charge in [0.2, 0.25) is 5.16 Å². The van der Waals surface area contributed by atoms with Crippen molar-refractivity contribution in [2.75, 3.05) is 12.3 Å². The maximum Gasteiger partial charge on any atom is 0.209 e. The molecule has 0 radical (unpaired) electrons. The van der Waals surface area contributed by atoms with E-state index >= 15 is 0 Å². The smallest absolute Gasteiger partial charge is 0.209 e. The molecule has 1 N–H and O–H groups in total. The van der Waals surface area contributed by atoms with Gasteiger partial charge in [-0.15, -0.1) is 5.10 Å². The summed E-state index contributed by atoms with van der Waals surface area (Å²) in [6.45, 7) is 5.37. The van der Waals surface area contributed by atoms with Crippen molar-refractivity contribution in [3.8, 4) is 5.75 Å². The van der Waals surface area contributed by atoms with Gasteiger partial charge in [0.15, 0.2) is 5.75 Å². The molecular weight excluding hydrogens is 357 g/mol. The molecule has 1 heterocycles. The van der Waals surface area contributed by atoms with E-state index in [2.05, 4.69) is 20.8 Å².